The van der Waals surface area contributed by atoms with Crippen LogP contribution in [0.15, 0.2) is 58.5 Å². The quantitative estimate of drug-likeness (QED) is 0.306. The zero-order chi connectivity index (χ0) is 33.1. The standard InChI is InChI=1S/C31H41N3O10/c1-8-43-31(40)34-25-20-12-16(2)13-24(42-7)26(36)18(4)14-19(5)28(44-30(32)39)23(41-6)11-9-10-17(3)29(38)33-21(27(20)37)15-22(25)35/h9-11,14-16,18,23-24,28H,8,12-13H2,1-7H3,(H2,32,39)(H,33,38)(H,34,40)/b11-9+,17-10-,19-14+/t16-,18+,23+,24+,28+/m1/s1. The third kappa shape index (κ3) is 9.58. The predicted octanol–water partition coefficient (Wildman–Crippen LogP) is 2.72. The van der Waals surface area contributed by atoms with Crippen LogP contribution in [0.3, 0.4) is 0 Å². The van der Waals surface area contributed by atoms with E-state index in [1.165, 1.54) is 39.4 Å². The van der Waals surface area contributed by atoms with Gasteiger partial charge < -0.3 is 30.0 Å². The van der Waals surface area contributed by atoms with Gasteiger partial charge in [0.25, 0.3) is 5.91 Å². The normalized spacial score (nSPS) is 29.0. The van der Waals surface area contributed by atoms with Crippen LogP contribution in [0, 0.1) is 11.8 Å². The monoisotopic (exact) mass is 615 g/mol. The number of methoxy groups -OCH3 is 2. The molecule has 2 rings (SSSR count). The smallest absolute Gasteiger partial charge is 0.411 e. The van der Waals surface area contributed by atoms with Crippen LogP contribution in [0.1, 0.15) is 47.5 Å². The Morgan fingerprint density at radius 2 is 1.77 bits per heavy atom. The second kappa shape index (κ2) is 16.5. The van der Waals surface area contributed by atoms with Gasteiger partial charge in [-0.05, 0) is 45.1 Å². The van der Waals surface area contributed by atoms with Crippen LogP contribution in [0.4, 0.5) is 9.59 Å². The summed E-state index contributed by atoms with van der Waals surface area (Å²) in [4.78, 5) is 77.0. The summed E-state index contributed by atoms with van der Waals surface area (Å²) in [7, 11) is 2.77. The molecule has 0 aromatic heterocycles. The zero-order valence-electron chi connectivity index (χ0n) is 26.1. The first-order valence-corrected chi connectivity index (χ1v) is 14.1. The van der Waals surface area contributed by atoms with Gasteiger partial charge in [0.05, 0.1) is 18.0 Å². The number of fused-ring (bicyclic) bond motifs is 2. The van der Waals surface area contributed by atoms with Crippen LogP contribution >= 0.6 is 0 Å². The van der Waals surface area contributed by atoms with Crippen molar-refractivity contribution in [3.63, 3.8) is 0 Å². The number of ether oxygens (including phenoxy) is 4. The topological polar surface area (TPSA) is 189 Å². The van der Waals surface area contributed by atoms with E-state index in [0.29, 0.717) is 5.57 Å². The molecule has 44 heavy (non-hydrogen) atoms. The molecule has 0 fully saturated rings. The number of alkyl carbamates (subject to hydrolysis) is 1. The maximum Gasteiger partial charge on any atom is 0.411 e. The van der Waals surface area contributed by atoms with E-state index in [1.807, 2.05) is 0 Å². The summed E-state index contributed by atoms with van der Waals surface area (Å²) in [5.41, 5.74) is 5.39. The second-order valence-electron chi connectivity index (χ2n) is 10.6. The number of nitrogens with two attached hydrogens (primary N) is 1. The number of primary amides is 1. The molecule has 0 saturated carbocycles. The first-order valence-electron chi connectivity index (χ1n) is 14.1. The second-order valence-corrected chi connectivity index (χ2v) is 10.6. The van der Waals surface area contributed by atoms with E-state index >= 15 is 0 Å². The first kappa shape index (κ1) is 35.8. The van der Waals surface area contributed by atoms with E-state index in [-0.39, 0.29) is 47.8 Å². The molecule has 240 valence electrons. The van der Waals surface area contributed by atoms with Crippen molar-refractivity contribution in [2.45, 2.75) is 65.8 Å². The Kier molecular flexibility index (Phi) is 13.4. The van der Waals surface area contributed by atoms with E-state index in [1.54, 1.807) is 33.8 Å². The van der Waals surface area contributed by atoms with Crippen molar-refractivity contribution in [3.05, 3.63) is 58.5 Å². The number of carbonyl (C=O) groups is 6. The van der Waals surface area contributed by atoms with E-state index in [2.05, 4.69) is 10.6 Å². The third-order valence-electron chi connectivity index (χ3n) is 7.09. The first-order chi connectivity index (χ1) is 20.7. The molecule has 0 saturated heterocycles. The third-order valence-corrected chi connectivity index (χ3v) is 7.09. The van der Waals surface area contributed by atoms with Gasteiger partial charge in [0.15, 0.2) is 11.9 Å². The maximum atomic E-state index is 13.6. The van der Waals surface area contributed by atoms with Crippen LogP contribution in [0.2, 0.25) is 0 Å². The van der Waals surface area contributed by atoms with Gasteiger partial charge in [-0.2, -0.15) is 0 Å². The molecule has 0 aromatic rings. The molecule has 2 aliphatic rings. The lowest BCUT2D eigenvalue weighted by Gasteiger charge is -2.26. The Morgan fingerprint density at radius 3 is 2.36 bits per heavy atom. The molecule has 2 bridgehead atoms. The fourth-order valence-electron chi connectivity index (χ4n) is 4.83. The van der Waals surface area contributed by atoms with Crippen molar-refractivity contribution in [3.8, 4) is 0 Å². The summed E-state index contributed by atoms with van der Waals surface area (Å²) in [6, 6.07) is 0. The molecule has 0 unspecified atom stereocenters. The van der Waals surface area contributed by atoms with Gasteiger partial charge >= 0.3 is 12.2 Å². The van der Waals surface area contributed by atoms with Crippen molar-refractivity contribution >= 4 is 35.4 Å². The van der Waals surface area contributed by atoms with Crippen LogP contribution in [-0.2, 0) is 38.1 Å². The van der Waals surface area contributed by atoms with Gasteiger partial charge in [-0.25, -0.2) is 9.59 Å². The zero-order valence-corrected chi connectivity index (χ0v) is 26.1. The molecule has 5 atom stereocenters. The molecule has 1 aliphatic heterocycles. The fourth-order valence-corrected chi connectivity index (χ4v) is 4.83. The number of carbonyl (C=O) groups excluding carboxylic acids is 6. The van der Waals surface area contributed by atoms with E-state index in [9.17, 15) is 28.8 Å². The highest BCUT2D eigenvalue weighted by Crippen LogP contribution is 2.28. The lowest BCUT2D eigenvalue weighted by molar-refractivity contribution is -0.132. The molecule has 13 nitrogen and oxygen atoms in total. The van der Waals surface area contributed by atoms with Gasteiger partial charge in [0.2, 0.25) is 11.6 Å². The Bertz CT molecular complexity index is 1320. The number of amides is 3. The molecule has 0 spiro atoms. The van der Waals surface area contributed by atoms with Crippen molar-refractivity contribution < 1.29 is 47.7 Å². The minimum Gasteiger partial charge on any atom is -0.450 e. The molecule has 3 amide bonds. The largest absolute Gasteiger partial charge is 0.450 e. The average molecular weight is 616 g/mol. The summed E-state index contributed by atoms with van der Waals surface area (Å²) in [5.74, 6) is -3.42. The summed E-state index contributed by atoms with van der Waals surface area (Å²) < 4.78 is 21.2. The number of allylic oxidation sites excluding steroid dienone is 5. The van der Waals surface area contributed by atoms with Crippen LogP contribution < -0.4 is 16.4 Å². The molecule has 13 heteroatoms. The van der Waals surface area contributed by atoms with Gasteiger partial charge in [-0.1, -0.05) is 38.2 Å². The lowest BCUT2D eigenvalue weighted by Crippen LogP contribution is -2.38. The van der Waals surface area contributed by atoms with Crippen molar-refractivity contribution in [2.24, 2.45) is 17.6 Å². The van der Waals surface area contributed by atoms with Crippen molar-refractivity contribution in [2.75, 3.05) is 20.8 Å². The highest BCUT2D eigenvalue weighted by molar-refractivity contribution is 6.24. The van der Waals surface area contributed by atoms with E-state index in [4.69, 9.17) is 24.7 Å². The number of ketones is 3. The summed E-state index contributed by atoms with van der Waals surface area (Å²) >= 11 is 0. The Hall–Kier alpha value is -4.36. The molecule has 0 aromatic carbocycles. The van der Waals surface area contributed by atoms with Gasteiger partial charge in [0.1, 0.15) is 12.2 Å². The van der Waals surface area contributed by atoms with Crippen LogP contribution in [0.5, 0.6) is 0 Å². The highest BCUT2D eigenvalue weighted by atomic mass is 16.6. The highest BCUT2D eigenvalue weighted by Gasteiger charge is 2.34. The Labute approximate surface area is 256 Å². The van der Waals surface area contributed by atoms with E-state index in [0.717, 1.165) is 6.08 Å². The molecule has 1 aliphatic carbocycles. The number of hydrogen-bond acceptors (Lipinski definition) is 10. The molecular formula is C31H41N3O10. The SMILES string of the molecule is CCOC(=O)NC1=C2C[C@@H](C)C[C@H](OC)C(=O)[C@@H](C)/C=C(\C)[C@H](OC(N)=O)[C@@H](OC)/C=C/C=C(/C)C(=O)NC(=CC1=O)C2=O. The van der Waals surface area contributed by atoms with Gasteiger partial charge in [0, 0.05) is 37.4 Å². The fraction of sp³-hybridized carbons (Fsp3) is 0.484. The minimum atomic E-state index is -1.05. The number of hydrogen-bond donors (Lipinski definition) is 3. The lowest BCUT2D eigenvalue weighted by atomic mass is 9.85. The summed E-state index contributed by atoms with van der Waals surface area (Å²) in [6.07, 6.45) is 2.45. The molecule has 1 heterocycles. The number of Topliss-reactive ketones (excluding diaryl/α,β-unsaturated/α-hetero) is 2. The predicted molar refractivity (Wildman–Crippen MR) is 159 cm³/mol. The summed E-state index contributed by atoms with van der Waals surface area (Å²) in [5, 5.41) is 4.82. The van der Waals surface area contributed by atoms with Crippen LogP contribution in [0.25, 0.3) is 0 Å². The number of nitrogens with one attached hydrogen (secondary N) is 2. The summed E-state index contributed by atoms with van der Waals surface area (Å²) in [6.45, 7) is 8.21. The maximum absolute atomic E-state index is 13.6. The molecular weight excluding hydrogens is 574 g/mol. The minimum absolute atomic E-state index is 0.0302. The van der Waals surface area contributed by atoms with Crippen LogP contribution in [-0.4, -0.2) is 74.6 Å². The Balaban J connectivity index is 2.65. The van der Waals surface area contributed by atoms with Gasteiger partial charge in [-0.15, -0.1) is 0 Å². The number of rotatable bonds is 5. The van der Waals surface area contributed by atoms with E-state index < -0.39 is 59.8 Å². The molecule has 0 radical (unpaired) electrons. The van der Waals surface area contributed by atoms with Gasteiger partial charge in [-0.3, -0.25) is 24.5 Å². The van der Waals surface area contributed by atoms with Crippen molar-refractivity contribution in [1.82, 2.24) is 10.6 Å². The molecule has 4 N–H and O–H groups in total. The van der Waals surface area contributed by atoms with Crippen molar-refractivity contribution in [1.29, 1.82) is 0 Å². The Morgan fingerprint density at radius 1 is 1.09 bits per heavy atom. The average Bonchev–Trinajstić information content (AvgIpc) is 2.96.